The summed E-state index contributed by atoms with van der Waals surface area (Å²) in [5.74, 6) is 1.27. The molecule has 0 unspecified atom stereocenters. The summed E-state index contributed by atoms with van der Waals surface area (Å²) in [5.41, 5.74) is 1.16. The minimum atomic E-state index is 0.554. The molecule has 3 nitrogen and oxygen atoms in total. The summed E-state index contributed by atoms with van der Waals surface area (Å²) in [6.07, 6.45) is 0. The molecule has 0 aromatic carbocycles. The first-order valence-electron chi connectivity index (χ1n) is 3.96. The Morgan fingerprint density at radius 1 is 1.50 bits per heavy atom. The van der Waals surface area contributed by atoms with Gasteiger partial charge in [-0.25, -0.2) is 0 Å². The van der Waals surface area contributed by atoms with Crippen molar-refractivity contribution < 1.29 is 4.74 Å². The first kappa shape index (κ1) is 9.95. The van der Waals surface area contributed by atoms with E-state index in [1.807, 2.05) is 11.4 Å². The lowest BCUT2D eigenvalue weighted by atomic mass is 10.4. The molecule has 0 saturated heterocycles. The van der Waals surface area contributed by atoms with Gasteiger partial charge in [0, 0.05) is 17.1 Å². The van der Waals surface area contributed by atoms with Crippen molar-refractivity contribution in [1.29, 1.82) is 0 Å². The molecule has 0 saturated carbocycles. The third kappa shape index (κ3) is 2.46. The Bertz CT molecular complexity index is 385. The topological polar surface area (TPSA) is 35.0 Å². The summed E-state index contributed by atoms with van der Waals surface area (Å²) in [5, 5.41) is 4.69. The van der Waals surface area contributed by atoms with Crippen molar-refractivity contribution in [2.75, 3.05) is 0 Å². The molecule has 0 radical (unpaired) electrons. The lowest BCUT2D eigenvalue weighted by molar-refractivity contribution is 0.304. The standard InChI is InChI=1S/C8H8N2OS3/c12-4-7-9-8(14-10-7)11-3-6-1-2-13-5-6/h1-2,5,12H,3-4H2. The fourth-order valence-electron chi connectivity index (χ4n) is 0.881. The molecule has 2 aromatic heterocycles. The van der Waals surface area contributed by atoms with Crippen molar-refractivity contribution in [3.63, 3.8) is 0 Å². The minimum Gasteiger partial charge on any atom is -0.464 e. The SMILES string of the molecule is SCc1nsc(OCc2ccsc2)n1. The number of thiophene rings is 1. The van der Waals surface area contributed by atoms with Gasteiger partial charge in [-0.1, -0.05) is 0 Å². The number of aromatic nitrogens is 2. The Labute approximate surface area is 95.3 Å². The van der Waals surface area contributed by atoms with Gasteiger partial charge in [0.15, 0.2) is 5.82 Å². The van der Waals surface area contributed by atoms with Crippen molar-refractivity contribution in [2.45, 2.75) is 12.4 Å². The van der Waals surface area contributed by atoms with E-state index in [9.17, 15) is 0 Å². The van der Waals surface area contributed by atoms with Crippen molar-refractivity contribution in [3.05, 3.63) is 28.2 Å². The van der Waals surface area contributed by atoms with E-state index in [4.69, 9.17) is 4.74 Å². The predicted octanol–water partition coefficient (Wildman–Crippen LogP) is 2.61. The number of hydrogen-bond acceptors (Lipinski definition) is 6. The highest BCUT2D eigenvalue weighted by atomic mass is 32.1. The van der Waals surface area contributed by atoms with Crippen molar-refractivity contribution in [1.82, 2.24) is 9.36 Å². The lowest BCUT2D eigenvalue weighted by Gasteiger charge is -1.97. The van der Waals surface area contributed by atoms with Crippen LogP contribution in [0.4, 0.5) is 0 Å². The molecule has 0 amide bonds. The van der Waals surface area contributed by atoms with Gasteiger partial charge < -0.3 is 4.74 Å². The van der Waals surface area contributed by atoms with E-state index >= 15 is 0 Å². The van der Waals surface area contributed by atoms with Crippen LogP contribution in [0.25, 0.3) is 0 Å². The summed E-state index contributed by atoms with van der Waals surface area (Å²) in [6, 6.07) is 2.03. The van der Waals surface area contributed by atoms with E-state index in [2.05, 4.69) is 27.4 Å². The van der Waals surface area contributed by atoms with Crippen LogP contribution in [0.1, 0.15) is 11.4 Å². The van der Waals surface area contributed by atoms with Crippen molar-refractivity contribution in [3.8, 4) is 5.19 Å². The second-order valence-corrected chi connectivity index (χ2v) is 4.37. The number of rotatable bonds is 4. The van der Waals surface area contributed by atoms with Crippen LogP contribution in [0.5, 0.6) is 5.19 Å². The normalized spacial score (nSPS) is 10.4. The smallest absolute Gasteiger partial charge is 0.293 e. The van der Waals surface area contributed by atoms with Crippen LogP contribution in [0.15, 0.2) is 16.8 Å². The molecule has 0 spiro atoms. The van der Waals surface area contributed by atoms with Gasteiger partial charge in [0.1, 0.15) is 6.61 Å². The molecule has 2 heterocycles. The molecular formula is C8H8N2OS3. The molecule has 14 heavy (non-hydrogen) atoms. The van der Waals surface area contributed by atoms with E-state index < -0.39 is 0 Å². The first-order valence-corrected chi connectivity index (χ1v) is 6.30. The lowest BCUT2D eigenvalue weighted by Crippen LogP contribution is -1.93. The minimum absolute atomic E-state index is 0.554. The summed E-state index contributed by atoms with van der Waals surface area (Å²) < 4.78 is 9.52. The van der Waals surface area contributed by atoms with E-state index in [1.54, 1.807) is 11.3 Å². The second-order valence-electron chi connectivity index (χ2n) is 2.55. The first-order chi connectivity index (χ1) is 6.88. The molecule has 0 fully saturated rings. The van der Waals surface area contributed by atoms with Crippen LogP contribution in [0, 0.1) is 0 Å². The van der Waals surface area contributed by atoms with E-state index in [1.165, 1.54) is 11.5 Å². The van der Waals surface area contributed by atoms with Crippen LogP contribution in [0.2, 0.25) is 0 Å². The van der Waals surface area contributed by atoms with Gasteiger partial charge in [0.05, 0.1) is 5.75 Å². The quantitative estimate of drug-likeness (QED) is 0.840. The predicted molar refractivity (Wildman–Crippen MR) is 61.3 cm³/mol. The fraction of sp³-hybridized carbons (Fsp3) is 0.250. The maximum Gasteiger partial charge on any atom is 0.293 e. The number of ether oxygens (including phenoxy) is 1. The maximum absolute atomic E-state index is 5.45. The molecule has 0 bridgehead atoms. The summed E-state index contributed by atoms with van der Waals surface area (Å²) >= 11 is 7.01. The average molecular weight is 244 g/mol. The number of nitrogens with zero attached hydrogens (tertiary/aromatic N) is 2. The van der Waals surface area contributed by atoms with Crippen molar-refractivity contribution in [2.24, 2.45) is 0 Å². The maximum atomic E-state index is 5.45. The van der Waals surface area contributed by atoms with Gasteiger partial charge in [-0.3, -0.25) is 0 Å². The van der Waals surface area contributed by atoms with Crippen LogP contribution in [0.3, 0.4) is 0 Å². The van der Waals surface area contributed by atoms with E-state index in [0.29, 0.717) is 17.6 Å². The Morgan fingerprint density at radius 2 is 2.43 bits per heavy atom. The Morgan fingerprint density at radius 3 is 3.07 bits per heavy atom. The van der Waals surface area contributed by atoms with E-state index in [-0.39, 0.29) is 0 Å². The number of hydrogen-bond donors (Lipinski definition) is 1. The third-order valence-electron chi connectivity index (χ3n) is 1.53. The Balaban J connectivity index is 1.92. The highest BCUT2D eigenvalue weighted by Gasteiger charge is 2.03. The van der Waals surface area contributed by atoms with E-state index in [0.717, 1.165) is 11.4 Å². The molecule has 0 aliphatic rings. The second kappa shape index (κ2) is 4.77. The molecule has 6 heteroatoms. The molecular weight excluding hydrogens is 236 g/mol. The Kier molecular flexibility index (Phi) is 3.39. The molecule has 2 rings (SSSR count). The molecule has 0 aliphatic heterocycles. The van der Waals surface area contributed by atoms with Crippen LogP contribution < -0.4 is 4.74 Å². The van der Waals surface area contributed by atoms with Gasteiger partial charge in [-0.05, 0) is 16.8 Å². The highest BCUT2D eigenvalue weighted by molar-refractivity contribution is 7.79. The zero-order valence-electron chi connectivity index (χ0n) is 7.21. The van der Waals surface area contributed by atoms with Crippen LogP contribution >= 0.6 is 35.5 Å². The summed E-state index contributed by atoms with van der Waals surface area (Å²) in [6.45, 7) is 0.560. The van der Waals surface area contributed by atoms with Gasteiger partial charge >= 0.3 is 0 Å². The molecule has 0 atom stereocenters. The highest BCUT2D eigenvalue weighted by Crippen LogP contribution is 2.17. The average Bonchev–Trinajstić information content (AvgIpc) is 2.86. The summed E-state index contributed by atoms with van der Waals surface area (Å²) in [7, 11) is 0. The van der Waals surface area contributed by atoms with Gasteiger partial charge in [0.25, 0.3) is 5.19 Å². The molecule has 0 aliphatic carbocycles. The zero-order valence-corrected chi connectivity index (χ0v) is 9.74. The van der Waals surface area contributed by atoms with Gasteiger partial charge in [0.2, 0.25) is 0 Å². The van der Waals surface area contributed by atoms with Crippen molar-refractivity contribution >= 4 is 35.5 Å². The third-order valence-corrected chi connectivity index (χ3v) is 3.22. The fourth-order valence-corrected chi connectivity index (χ4v) is 2.32. The molecule has 0 N–H and O–H groups in total. The summed E-state index contributed by atoms with van der Waals surface area (Å²) in [4.78, 5) is 4.14. The molecule has 74 valence electrons. The van der Waals surface area contributed by atoms with Gasteiger partial charge in [-0.15, -0.1) is 0 Å². The zero-order chi connectivity index (χ0) is 9.80. The van der Waals surface area contributed by atoms with Crippen LogP contribution in [-0.4, -0.2) is 9.36 Å². The van der Waals surface area contributed by atoms with Crippen LogP contribution in [-0.2, 0) is 12.4 Å². The van der Waals surface area contributed by atoms with Gasteiger partial charge in [-0.2, -0.15) is 33.3 Å². The monoisotopic (exact) mass is 244 g/mol. The molecule has 2 aromatic rings. The largest absolute Gasteiger partial charge is 0.464 e. The Hall–Kier alpha value is -0.590. The number of thiol groups is 1.